The van der Waals surface area contributed by atoms with Crippen molar-refractivity contribution in [3.05, 3.63) is 29.3 Å². The Balaban J connectivity index is 2.27. The van der Waals surface area contributed by atoms with E-state index in [0.717, 1.165) is 30.4 Å². The number of benzene rings is 1. The molecule has 0 spiro atoms. The summed E-state index contributed by atoms with van der Waals surface area (Å²) in [5.41, 5.74) is 3.71. The van der Waals surface area contributed by atoms with Crippen LogP contribution in [0.25, 0.3) is 0 Å². The lowest BCUT2D eigenvalue weighted by atomic mass is 10.1. The molecule has 0 saturated heterocycles. The van der Waals surface area contributed by atoms with Crippen molar-refractivity contribution in [2.75, 3.05) is 23.3 Å². The highest BCUT2D eigenvalue weighted by atomic mass is 79.9. The maximum atomic E-state index is 9.06. The molecule has 0 radical (unpaired) electrons. The second kappa shape index (κ2) is 4.32. The molecule has 0 unspecified atom stereocenters. The lowest BCUT2D eigenvalue weighted by Crippen LogP contribution is -2.22. The summed E-state index contributed by atoms with van der Waals surface area (Å²) in [6.45, 7) is 2.28. The third-order valence-corrected chi connectivity index (χ3v) is 3.03. The van der Waals surface area contributed by atoms with Gasteiger partial charge in [-0.05, 0) is 23.6 Å². The Kier molecular flexibility index (Phi) is 3.08. The Labute approximate surface area is 92.7 Å². The summed E-state index contributed by atoms with van der Waals surface area (Å²) >= 11 is 3.46. The third-order valence-electron chi connectivity index (χ3n) is 2.68. The molecule has 1 N–H and O–H groups in total. The minimum Gasteiger partial charge on any atom is -0.392 e. The predicted molar refractivity (Wildman–Crippen MR) is 62.1 cm³/mol. The molecular weight excluding hydrogens is 242 g/mol. The van der Waals surface area contributed by atoms with Crippen molar-refractivity contribution < 1.29 is 5.11 Å². The summed E-state index contributed by atoms with van der Waals surface area (Å²) in [4.78, 5) is 2.36. The van der Waals surface area contributed by atoms with Crippen LogP contribution in [0.5, 0.6) is 0 Å². The van der Waals surface area contributed by atoms with Crippen LogP contribution in [0.15, 0.2) is 18.2 Å². The maximum absolute atomic E-state index is 9.06. The fourth-order valence-corrected chi connectivity index (χ4v) is 2.35. The number of anilines is 1. The first kappa shape index (κ1) is 9.99. The highest BCUT2D eigenvalue weighted by molar-refractivity contribution is 9.09. The molecule has 1 aliphatic rings. The van der Waals surface area contributed by atoms with Gasteiger partial charge in [-0.2, -0.15) is 0 Å². The summed E-state index contributed by atoms with van der Waals surface area (Å²) in [5.74, 6) is 0. The topological polar surface area (TPSA) is 23.5 Å². The van der Waals surface area contributed by atoms with Crippen LogP contribution in [-0.2, 0) is 13.0 Å². The van der Waals surface area contributed by atoms with Crippen LogP contribution in [0.1, 0.15) is 11.1 Å². The van der Waals surface area contributed by atoms with Gasteiger partial charge in [-0.15, -0.1) is 0 Å². The third kappa shape index (κ3) is 1.79. The van der Waals surface area contributed by atoms with Crippen LogP contribution in [0.2, 0.25) is 0 Å². The van der Waals surface area contributed by atoms with Gasteiger partial charge < -0.3 is 10.0 Å². The Morgan fingerprint density at radius 1 is 1.43 bits per heavy atom. The average molecular weight is 256 g/mol. The Morgan fingerprint density at radius 3 is 3.00 bits per heavy atom. The molecule has 0 amide bonds. The molecule has 1 aliphatic heterocycles. The summed E-state index contributed by atoms with van der Waals surface area (Å²) in [6.07, 6.45) is 1.13. The van der Waals surface area contributed by atoms with Crippen LogP contribution < -0.4 is 4.90 Å². The van der Waals surface area contributed by atoms with Crippen LogP contribution >= 0.6 is 15.9 Å². The van der Waals surface area contributed by atoms with E-state index in [4.69, 9.17) is 5.11 Å². The van der Waals surface area contributed by atoms with E-state index in [2.05, 4.69) is 33.0 Å². The van der Waals surface area contributed by atoms with Crippen molar-refractivity contribution in [2.24, 2.45) is 0 Å². The second-order valence-electron chi connectivity index (χ2n) is 3.55. The summed E-state index contributed by atoms with van der Waals surface area (Å²) < 4.78 is 0. The van der Waals surface area contributed by atoms with Gasteiger partial charge in [0.05, 0.1) is 6.61 Å². The molecular formula is C11H14BrNO. The molecule has 2 rings (SSSR count). The molecule has 0 aromatic heterocycles. The number of aliphatic hydroxyl groups excluding tert-OH is 1. The molecule has 0 bridgehead atoms. The Bertz CT molecular complexity index is 325. The molecule has 3 heteroatoms. The molecule has 0 saturated carbocycles. The lowest BCUT2D eigenvalue weighted by Gasteiger charge is -2.18. The van der Waals surface area contributed by atoms with Gasteiger partial charge in [0.25, 0.3) is 0 Å². The molecule has 1 aromatic rings. The highest BCUT2D eigenvalue weighted by Crippen LogP contribution is 2.28. The minimum atomic E-state index is 0.134. The number of hydrogen-bond acceptors (Lipinski definition) is 2. The van der Waals surface area contributed by atoms with Crippen LogP contribution in [-0.4, -0.2) is 23.5 Å². The van der Waals surface area contributed by atoms with Gasteiger partial charge >= 0.3 is 0 Å². The zero-order valence-electron chi connectivity index (χ0n) is 8.04. The molecule has 14 heavy (non-hydrogen) atoms. The fraction of sp³-hybridized carbons (Fsp3) is 0.455. The van der Waals surface area contributed by atoms with Gasteiger partial charge in [0.15, 0.2) is 0 Å². The molecule has 0 fully saturated rings. The largest absolute Gasteiger partial charge is 0.392 e. The van der Waals surface area contributed by atoms with Crippen molar-refractivity contribution in [2.45, 2.75) is 13.0 Å². The number of aliphatic hydroxyl groups is 1. The predicted octanol–water partition coefficient (Wildman–Crippen LogP) is 1.94. The van der Waals surface area contributed by atoms with E-state index < -0.39 is 0 Å². The number of fused-ring (bicyclic) bond motifs is 1. The summed E-state index contributed by atoms with van der Waals surface area (Å²) in [6, 6.07) is 6.25. The number of nitrogens with zero attached hydrogens (tertiary/aromatic N) is 1. The lowest BCUT2D eigenvalue weighted by molar-refractivity contribution is 0.282. The quantitative estimate of drug-likeness (QED) is 0.835. The van der Waals surface area contributed by atoms with Crippen LogP contribution in [0.4, 0.5) is 5.69 Å². The van der Waals surface area contributed by atoms with E-state index in [1.807, 2.05) is 6.07 Å². The van der Waals surface area contributed by atoms with Gasteiger partial charge in [0.1, 0.15) is 0 Å². The van der Waals surface area contributed by atoms with E-state index in [9.17, 15) is 0 Å². The van der Waals surface area contributed by atoms with E-state index in [-0.39, 0.29) is 6.61 Å². The molecule has 0 atom stereocenters. The standard InChI is InChI=1S/C11H14BrNO/c12-4-6-13-5-3-10-2-1-9(8-14)7-11(10)13/h1-2,7,14H,3-6,8H2. The fourth-order valence-electron chi connectivity index (χ4n) is 1.92. The Hall–Kier alpha value is -0.540. The zero-order chi connectivity index (χ0) is 9.97. The first-order valence-corrected chi connectivity index (χ1v) is 6.01. The molecule has 1 heterocycles. The summed E-state index contributed by atoms with van der Waals surface area (Å²) in [7, 11) is 0. The number of rotatable bonds is 3. The van der Waals surface area contributed by atoms with Crippen molar-refractivity contribution in [1.82, 2.24) is 0 Å². The number of alkyl halides is 1. The van der Waals surface area contributed by atoms with E-state index in [0.29, 0.717) is 0 Å². The molecule has 1 aromatic carbocycles. The van der Waals surface area contributed by atoms with E-state index in [1.165, 1.54) is 11.3 Å². The summed E-state index contributed by atoms with van der Waals surface area (Å²) in [5, 5.41) is 10.1. The first-order valence-electron chi connectivity index (χ1n) is 4.88. The van der Waals surface area contributed by atoms with Gasteiger partial charge in [-0.3, -0.25) is 0 Å². The van der Waals surface area contributed by atoms with E-state index >= 15 is 0 Å². The Morgan fingerprint density at radius 2 is 2.29 bits per heavy atom. The maximum Gasteiger partial charge on any atom is 0.0682 e. The van der Waals surface area contributed by atoms with Crippen molar-refractivity contribution >= 4 is 21.6 Å². The molecule has 2 nitrogen and oxygen atoms in total. The highest BCUT2D eigenvalue weighted by Gasteiger charge is 2.18. The molecule has 76 valence electrons. The number of hydrogen-bond donors (Lipinski definition) is 1. The van der Waals surface area contributed by atoms with Crippen molar-refractivity contribution in [3.8, 4) is 0 Å². The minimum absolute atomic E-state index is 0.134. The number of halogens is 1. The van der Waals surface area contributed by atoms with E-state index in [1.54, 1.807) is 0 Å². The van der Waals surface area contributed by atoms with Gasteiger partial charge in [-0.1, -0.05) is 28.1 Å². The van der Waals surface area contributed by atoms with Crippen molar-refractivity contribution in [1.29, 1.82) is 0 Å². The first-order chi connectivity index (χ1) is 6.85. The average Bonchev–Trinajstić information content (AvgIpc) is 2.61. The normalized spacial score (nSPS) is 14.6. The van der Waals surface area contributed by atoms with Gasteiger partial charge in [0.2, 0.25) is 0 Å². The SMILES string of the molecule is OCc1ccc2c(c1)N(CCBr)CC2. The van der Waals surface area contributed by atoms with Gasteiger partial charge in [0, 0.05) is 24.1 Å². The smallest absolute Gasteiger partial charge is 0.0682 e. The van der Waals surface area contributed by atoms with Crippen LogP contribution in [0, 0.1) is 0 Å². The second-order valence-corrected chi connectivity index (χ2v) is 4.34. The van der Waals surface area contributed by atoms with Gasteiger partial charge in [-0.25, -0.2) is 0 Å². The molecule has 0 aliphatic carbocycles. The van der Waals surface area contributed by atoms with Crippen LogP contribution in [0.3, 0.4) is 0 Å². The van der Waals surface area contributed by atoms with Crippen molar-refractivity contribution in [3.63, 3.8) is 0 Å². The zero-order valence-corrected chi connectivity index (χ0v) is 9.63. The monoisotopic (exact) mass is 255 g/mol.